The number of pyridine rings is 1. The molecule has 0 aromatic carbocycles. The molecule has 0 radical (unpaired) electrons. The number of urea groups is 1. The molecule has 0 bridgehead atoms. The molecule has 2 aliphatic rings. The van der Waals surface area contributed by atoms with Crippen molar-refractivity contribution < 1.29 is 13.9 Å². The maximum absolute atomic E-state index is 13.4. The van der Waals surface area contributed by atoms with Crippen molar-refractivity contribution in [1.29, 1.82) is 0 Å². The van der Waals surface area contributed by atoms with Gasteiger partial charge in [0.1, 0.15) is 0 Å². The first-order valence-electron chi connectivity index (χ1n) is 6.42. The number of hydrogen-bond acceptors (Lipinski definition) is 3. The molecule has 1 atom stereocenters. The second kappa shape index (κ2) is 4.77. The van der Waals surface area contributed by atoms with E-state index in [0.29, 0.717) is 13.1 Å². The molecule has 1 aromatic heterocycles. The van der Waals surface area contributed by atoms with Crippen LogP contribution in [-0.2, 0) is 4.74 Å². The van der Waals surface area contributed by atoms with Gasteiger partial charge in [-0.05, 0) is 18.9 Å². The van der Waals surface area contributed by atoms with E-state index in [2.05, 4.69) is 10.3 Å². The normalized spacial score (nSPS) is 26.1. The number of carbonyl (C=O) groups is 1. The standard InChI is InChI=1S/C13H16FN3O2/c14-10-7-15-4-1-11(10)16-12(18)17-5-2-13(8-17)3-6-19-9-13/h1,4,7H,2-3,5-6,8-9H2,(H,15,16,18). The van der Waals surface area contributed by atoms with E-state index in [1.165, 1.54) is 12.3 Å². The third-order valence-corrected chi connectivity index (χ3v) is 3.92. The van der Waals surface area contributed by atoms with E-state index in [-0.39, 0.29) is 17.1 Å². The first-order chi connectivity index (χ1) is 9.19. The Morgan fingerprint density at radius 2 is 2.42 bits per heavy atom. The number of hydrogen-bond donors (Lipinski definition) is 1. The zero-order chi connectivity index (χ0) is 13.3. The Bertz CT molecular complexity index is 489. The van der Waals surface area contributed by atoms with Gasteiger partial charge in [0.2, 0.25) is 0 Å². The minimum absolute atomic E-state index is 0.119. The molecule has 2 saturated heterocycles. The van der Waals surface area contributed by atoms with E-state index >= 15 is 0 Å². The van der Waals surface area contributed by atoms with Crippen LogP contribution >= 0.6 is 0 Å². The Kier molecular flexibility index (Phi) is 3.10. The lowest BCUT2D eigenvalue weighted by atomic mass is 9.87. The van der Waals surface area contributed by atoms with Crippen molar-refractivity contribution in [3.8, 4) is 0 Å². The molecule has 3 rings (SSSR count). The third kappa shape index (κ3) is 2.40. The van der Waals surface area contributed by atoms with Crippen molar-refractivity contribution in [3.63, 3.8) is 0 Å². The quantitative estimate of drug-likeness (QED) is 0.843. The van der Waals surface area contributed by atoms with Crippen LogP contribution in [0.3, 0.4) is 0 Å². The van der Waals surface area contributed by atoms with E-state index in [1.54, 1.807) is 4.90 Å². The summed E-state index contributed by atoms with van der Waals surface area (Å²) in [6, 6.07) is 1.20. The Labute approximate surface area is 110 Å². The van der Waals surface area contributed by atoms with Crippen LogP contribution in [0, 0.1) is 11.2 Å². The van der Waals surface area contributed by atoms with Crippen LogP contribution in [0.2, 0.25) is 0 Å². The first kappa shape index (κ1) is 12.3. The van der Waals surface area contributed by atoms with E-state index in [9.17, 15) is 9.18 Å². The minimum atomic E-state index is -0.519. The minimum Gasteiger partial charge on any atom is -0.381 e. The van der Waals surface area contributed by atoms with Crippen molar-refractivity contribution in [2.24, 2.45) is 5.41 Å². The van der Waals surface area contributed by atoms with E-state index in [4.69, 9.17) is 4.74 Å². The summed E-state index contributed by atoms with van der Waals surface area (Å²) < 4.78 is 18.8. The largest absolute Gasteiger partial charge is 0.381 e. The highest BCUT2D eigenvalue weighted by Crippen LogP contribution is 2.38. The predicted octanol–water partition coefficient (Wildman–Crippen LogP) is 1.86. The zero-order valence-electron chi connectivity index (χ0n) is 10.6. The van der Waals surface area contributed by atoms with Crippen LogP contribution in [0.15, 0.2) is 18.5 Å². The van der Waals surface area contributed by atoms with Crippen molar-refractivity contribution in [1.82, 2.24) is 9.88 Å². The summed E-state index contributed by atoms with van der Waals surface area (Å²) in [6.07, 6.45) is 4.50. The van der Waals surface area contributed by atoms with Crippen LogP contribution in [0.5, 0.6) is 0 Å². The summed E-state index contributed by atoms with van der Waals surface area (Å²) in [5.74, 6) is -0.519. The maximum atomic E-state index is 13.4. The average molecular weight is 265 g/mol. The Balaban J connectivity index is 1.64. The summed E-state index contributed by atoms with van der Waals surface area (Å²) >= 11 is 0. The van der Waals surface area contributed by atoms with Crippen LogP contribution < -0.4 is 5.32 Å². The van der Waals surface area contributed by atoms with Crippen LogP contribution in [0.1, 0.15) is 12.8 Å². The lowest BCUT2D eigenvalue weighted by Gasteiger charge is -2.22. The number of likely N-dealkylation sites (tertiary alicyclic amines) is 1. The summed E-state index contributed by atoms with van der Waals surface area (Å²) in [5, 5.41) is 2.59. The number of nitrogens with one attached hydrogen (secondary N) is 1. The molecular weight excluding hydrogens is 249 g/mol. The summed E-state index contributed by atoms with van der Waals surface area (Å²) in [6.45, 7) is 2.88. The van der Waals surface area contributed by atoms with Crippen molar-refractivity contribution in [2.45, 2.75) is 12.8 Å². The number of halogens is 1. The van der Waals surface area contributed by atoms with E-state index in [0.717, 1.165) is 32.3 Å². The van der Waals surface area contributed by atoms with Gasteiger partial charge in [0.05, 0.1) is 18.5 Å². The van der Waals surface area contributed by atoms with Gasteiger partial charge in [0, 0.05) is 31.3 Å². The number of aromatic nitrogens is 1. The fourth-order valence-electron chi connectivity index (χ4n) is 2.75. The summed E-state index contributed by atoms with van der Waals surface area (Å²) in [5.41, 5.74) is 0.289. The Morgan fingerprint density at radius 3 is 3.16 bits per heavy atom. The molecule has 102 valence electrons. The number of anilines is 1. The highest BCUT2D eigenvalue weighted by Gasteiger charge is 2.42. The van der Waals surface area contributed by atoms with Gasteiger partial charge in [-0.2, -0.15) is 0 Å². The second-order valence-electron chi connectivity index (χ2n) is 5.26. The molecule has 1 unspecified atom stereocenters. The van der Waals surface area contributed by atoms with Gasteiger partial charge in [-0.25, -0.2) is 9.18 Å². The van der Waals surface area contributed by atoms with Crippen LogP contribution in [0.4, 0.5) is 14.9 Å². The number of rotatable bonds is 1. The van der Waals surface area contributed by atoms with Crippen LogP contribution in [0.25, 0.3) is 0 Å². The van der Waals surface area contributed by atoms with Crippen molar-refractivity contribution in [3.05, 3.63) is 24.3 Å². The number of nitrogens with zero attached hydrogens (tertiary/aromatic N) is 2. The summed E-state index contributed by atoms with van der Waals surface area (Å²) in [4.78, 5) is 17.5. The molecule has 6 heteroatoms. The smallest absolute Gasteiger partial charge is 0.321 e. The van der Waals surface area contributed by atoms with Gasteiger partial charge in [-0.1, -0.05) is 0 Å². The van der Waals surface area contributed by atoms with Gasteiger partial charge < -0.3 is 15.0 Å². The lowest BCUT2D eigenvalue weighted by Crippen LogP contribution is -2.35. The molecule has 2 aliphatic heterocycles. The second-order valence-corrected chi connectivity index (χ2v) is 5.26. The first-order valence-corrected chi connectivity index (χ1v) is 6.42. The molecule has 1 spiro atoms. The Morgan fingerprint density at radius 1 is 1.53 bits per heavy atom. The molecule has 2 fully saturated rings. The maximum Gasteiger partial charge on any atom is 0.321 e. The molecule has 5 nitrogen and oxygen atoms in total. The van der Waals surface area contributed by atoms with Gasteiger partial charge in [0.15, 0.2) is 5.82 Å². The number of amides is 2. The van der Waals surface area contributed by atoms with E-state index in [1.807, 2.05) is 0 Å². The van der Waals surface area contributed by atoms with Gasteiger partial charge in [-0.3, -0.25) is 4.98 Å². The highest BCUT2D eigenvalue weighted by molar-refractivity contribution is 5.89. The summed E-state index contributed by atoms with van der Waals surface area (Å²) in [7, 11) is 0. The monoisotopic (exact) mass is 265 g/mol. The average Bonchev–Trinajstić information content (AvgIpc) is 3.03. The van der Waals surface area contributed by atoms with Gasteiger partial charge in [-0.15, -0.1) is 0 Å². The predicted molar refractivity (Wildman–Crippen MR) is 67.3 cm³/mol. The number of ether oxygens (including phenoxy) is 1. The third-order valence-electron chi connectivity index (χ3n) is 3.92. The SMILES string of the molecule is O=C(Nc1ccncc1F)N1CCC2(CCOC2)C1. The zero-order valence-corrected chi connectivity index (χ0v) is 10.6. The van der Waals surface area contributed by atoms with Gasteiger partial charge in [0.25, 0.3) is 0 Å². The molecule has 1 aromatic rings. The fourth-order valence-corrected chi connectivity index (χ4v) is 2.75. The topological polar surface area (TPSA) is 54.5 Å². The molecule has 0 aliphatic carbocycles. The Hall–Kier alpha value is -1.69. The molecule has 3 heterocycles. The highest BCUT2D eigenvalue weighted by atomic mass is 19.1. The molecular formula is C13H16FN3O2. The molecule has 1 N–H and O–H groups in total. The molecule has 2 amide bonds. The molecule has 19 heavy (non-hydrogen) atoms. The lowest BCUT2D eigenvalue weighted by molar-refractivity contribution is 0.154. The van der Waals surface area contributed by atoms with Crippen molar-refractivity contribution in [2.75, 3.05) is 31.6 Å². The van der Waals surface area contributed by atoms with E-state index < -0.39 is 5.82 Å². The fraction of sp³-hybridized carbons (Fsp3) is 0.538. The number of carbonyl (C=O) groups excluding carboxylic acids is 1. The van der Waals surface area contributed by atoms with Crippen molar-refractivity contribution >= 4 is 11.7 Å². The van der Waals surface area contributed by atoms with Gasteiger partial charge >= 0.3 is 6.03 Å². The van der Waals surface area contributed by atoms with Crippen LogP contribution in [-0.4, -0.2) is 42.2 Å². The molecule has 0 saturated carbocycles.